The first-order chi connectivity index (χ1) is 13.5. The fourth-order valence-electron chi connectivity index (χ4n) is 3.64. The molecule has 162 valence electrons. The fraction of sp³-hybridized carbons (Fsp3) is 0.652. The number of hydrogen-bond donors (Lipinski definition) is 2. The van der Waals surface area contributed by atoms with Gasteiger partial charge in [-0.2, -0.15) is 0 Å². The van der Waals surface area contributed by atoms with Crippen molar-refractivity contribution >= 4 is 11.8 Å². The molecule has 0 aromatic heterocycles. The fourth-order valence-corrected chi connectivity index (χ4v) is 3.64. The van der Waals surface area contributed by atoms with Crippen LogP contribution in [0.1, 0.15) is 70.7 Å². The van der Waals surface area contributed by atoms with Gasteiger partial charge in [-0.3, -0.25) is 9.59 Å². The Morgan fingerprint density at radius 1 is 1.17 bits per heavy atom. The zero-order chi connectivity index (χ0) is 21.6. The van der Waals surface area contributed by atoms with Crippen molar-refractivity contribution in [2.45, 2.75) is 84.0 Å². The van der Waals surface area contributed by atoms with Crippen LogP contribution in [0.25, 0.3) is 0 Å². The van der Waals surface area contributed by atoms with Crippen LogP contribution in [-0.4, -0.2) is 54.0 Å². The molecule has 6 nitrogen and oxygen atoms in total. The van der Waals surface area contributed by atoms with Crippen molar-refractivity contribution in [3.05, 3.63) is 29.8 Å². The standard InChI is InChI=1S/C23H37N3O3/c1-16(2)26(6)19-12-10-18(11-13-19)25-21(27)15-24-22(28)17-8-7-9-20(14-17)29-23(3,4)5/h7-9,14,16,18-19H,10-13,15H2,1-6H3,(H,24,28)(H,25,27). The third-order valence-electron chi connectivity index (χ3n) is 5.38. The van der Waals surface area contributed by atoms with E-state index in [0.717, 1.165) is 25.7 Å². The van der Waals surface area contributed by atoms with Gasteiger partial charge in [0.2, 0.25) is 5.91 Å². The van der Waals surface area contributed by atoms with Crippen LogP contribution >= 0.6 is 0 Å². The first-order valence-electron chi connectivity index (χ1n) is 10.6. The number of carbonyl (C=O) groups is 2. The average molecular weight is 404 g/mol. The van der Waals surface area contributed by atoms with Crippen LogP contribution in [0.5, 0.6) is 5.75 Å². The molecule has 0 saturated heterocycles. The van der Waals surface area contributed by atoms with Crippen molar-refractivity contribution in [1.29, 1.82) is 0 Å². The minimum absolute atomic E-state index is 0.0188. The summed E-state index contributed by atoms with van der Waals surface area (Å²) in [6.07, 6.45) is 4.14. The second-order valence-corrected chi connectivity index (χ2v) is 9.26. The Kier molecular flexibility index (Phi) is 8.08. The number of nitrogens with one attached hydrogen (secondary N) is 2. The highest BCUT2D eigenvalue weighted by molar-refractivity contribution is 5.96. The Morgan fingerprint density at radius 2 is 1.83 bits per heavy atom. The summed E-state index contributed by atoms with van der Waals surface area (Å²) in [5, 5.41) is 5.77. The molecule has 1 aromatic rings. The normalized spacial score (nSPS) is 19.9. The highest BCUT2D eigenvalue weighted by Crippen LogP contribution is 2.23. The Bertz CT molecular complexity index is 689. The molecule has 1 aromatic carbocycles. The van der Waals surface area contributed by atoms with Gasteiger partial charge in [-0.25, -0.2) is 0 Å². The summed E-state index contributed by atoms with van der Waals surface area (Å²) in [6, 6.07) is 8.34. The Hall–Kier alpha value is -2.08. The lowest BCUT2D eigenvalue weighted by molar-refractivity contribution is -0.121. The molecule has 0 heterocycles. The number of rotatable bonds is 7. The summed E-state index contributed by atoms with van der Waals surface area (Å²) in [5.74, 6) is 0.223. The van der Waals surface area contributed by atoms with Gasteiger partial charge in [0.1, 0.15) is 11.4 Å². The van der Waals surface area contributed by atoms with Gasteiger partial charge in [0.05, 0.1) is 6.54 Å². The molecule has 1 aliphatic rings. The molecule has 2 amide bonds. The minimum Gasteiger partial charge on any atom is -0.488 e. The van der Waals surface area contributed by atoms with Gasteiger partial charge in [-0.1, -0.05) is 6.07 Å². The summed E-state index contributed by atoms with van der Waals surface area (Å²) in [4.78, 5) is 27.1. The molecule has 1 aliphatic carbocycles. The van der Waals surface area contributed by atoms with E-state index in [1.54, 1.807) is 18.2 Å². The number of hydrogen-bond acceptors (Lipinski definition) is 4. The van der Waals surface area contributed by atoms with Crippen molar-refractivity contribution in [3.63, 3.8) is 0 Å². The van der Waals surface area contributed by atoms with Crippen LogP contribution in [0, 0.1) is 0 Å². The molecule has 1 fully saturated rings. The second-order valence-electron chi connectivity index (χ2n) is 9.26. The minimum atomic E-state index is -0.335. The predicted molar refractivity (Wildman–Crippen MR) is 116 cm³/mol. The van der Waals surface area contributed by atoms with Gasteiger partial charge in [0.25, 0.3) is 5.91 Å². The number of carbonyl (C=O) groups excluding carboxylic acids is 2. The summed E-state index contributed by atoms with van der Waals surface area (Å²) < 4.78 is 5.80. The van der Waals surface area contributed by atoms with Crippen molar-refractivity contribution in [3.8, 4) is 5.75 Å². The molecular formula is C23H37N3O3. The zero-order valence-electron chi connectivity index (χ0n) is 18.7. The van der Waals surface area contributed by atoms with E-state index in [2.05, 4.69) is 36.4 Å². The van der Waals surface area contributed by atoms with Crippen LogP contribution in [0.15, 0.2) is 24.3 Å². The third-order valence-corrected chi connectivity index (χ3v) is 5.38. The van der Waals surface area contributed by atoms with Crippen LogP contribution in [-0.2, 0) is 4.79 Å². The van der Waals surface area contributed by atoms with E-state index in [-0.39, 0.29) is 30.0 Å². The van der Waals surface area contributed by atoms with Crippen molar-refractivity contribution in [2.75, 3.05) is 13.6 Å². The maximum absolute atomic E-state index is 12.4. The smallest absolute Gasteiger partial charge is 0.251 e. The lowest BCUT2D eigenvalue weighted by atomic mass is 9.90. The SMILES string of the molecule is CC(C)N(C)C1CCC(NC(=O)CNC(=O)c2cccc(OC(C)(C)C)c2)CC1. The highest BCUT2D eigenvalue weighted by Gasteiger charge is 2.26. The van der Waals surface area contributed by atoms with E-state index in [1.807, 2.05) is 26.8 Å². The lowest BCUT2D eigenvalue weighted by Crippen LogP contribution is -2.46. The summed E-state index contributed by atoms with van der Waals surface area (Å²) in [5.41, 5.74) is 0.148. The summed E-state index contributed by atoms with van der Waals surface area (Å²) >= 11 is 0. The van der Waals surface area contributed by atoms with E-state index < -0.39 is 0 Å². The first-order valence-corrected chi connectivity index (χ1v) is 10.6. The Balaban J connectivity index is 1.77. The van der Waals surface area contributed by atoms with Crippen molar-refractivity contribution in [2.24, 2.45) is 0 Å². The molecular weight excluding hydrogens is 366 g/mol. The van der Waals surface area contributed by atoms with E-state index in [1.165, 1.54) is 0 Å². The van der Waals surface area contributed by atoms with E-state index >= 15 is 0 Å². The molecule has 0 bridgehead atoms. The first kappa shape index (κ1) is 23.2. The van der Waals surface area contributed by atoms with Crippen molar-refractivity contribution < 1.29 is 14.3 Å². The molecule has 0 atom stereocenters. The average Bonchev–Trinajstić information content (AvgIpc) is 2.65. The molecule has 2 rings (SSSR count). The summed E-state index contributed by atoms with van der Waals surface area (Å²) in [6.45, 7) is 10.3. The Labute approximate surface area is 175 Å². The van der Waals surface area contributed by atoms with Gasteiger partial charge in [-0.15, -0.1) is 0 Å². The largest absolute Gasteiger partial charge is 0.488 e. The second kappa shape index (κ2) is 10.1. The maximum Gasteiger partial charge on any atom is 0.251 e. The van der Waals surface area contributed by atoms with Crippen LogP contribution in [0.3, 0.4) is 0 Å². The Morgan fingerprint density at radius 3 is 2.41 bits per heavy atom. The van der Waals surface area contributed by atoms with Crippen LogP contribution in [0.4, 0.5) is 0 Å². The number of ether oxygens (including phenoxy) is 1. The van der Waals surface area contributed by atoms with Gasteiger partial charge in [0, 0.05) is 23.7 Å². The van der Waals surface area contributed by atoms with Gasteiger partial charge >= 0.3 is 0 Å². The molecule has 6 heteroatoms. The molecule has 0 aliphatic heterocycles. The zero-order valence-corrected chi connectivity index (χ0v) is 18.7. The maximum atomic E-state index is 12.4. The molecule has 0 spiro atoms. The molecule has 2 N–H and O–H groups in total. The number of nitrogens with zero attached hydrogens (tertiary/aromatic N) is 1. The van der Waals surface area contributed by atoms with Crippen molar-refractivity contribution in [1.82, 2.24) is 15.5 Å². The van der Waals surface area contributed by atoms with Gasteiger partial charge in [0.15, 0.2) is 0 Å². The predicted octanol–water partition coefficient (Wildman–Crippen LogP) is 3.36. The third kappa shape index (κ3) is 7.69. The lowest BCUT2D eigenvalue weighted by Gasteiger charge is -2.37. The molecule has 29 heavy (non-hydrogen) atoms. The van der Waals surface area contributed by atoms with Crippen LogP contribution in [0.2, 0.25) is 0 Å². The van der Waals surface area contributed by atoms with E-state index in [9.17, 15) is 9.59 Å². The topological polar surface area (TPSA) is 70.7 Å². The number of amides is 2. The highest BCUT2D eigenvalue weighted by atomic mass is 16.5. The van der Waals surface area contributed by atoms with E-state index in [4.69, 9.17) is 4.74 Å². The molecule has 1 saturated carbocycles. The van der Waals surface area contributed by atoms with Gasteiger partial charge < -0.3 is 20.3 Å². The molecule has 0 unspecified atom stereocenters. The van der Waals surface area contributed by atoms with E-state index in [0.29, 0.717) is 23.4 Å². The van der Waals surface area contributed by atoms with Gasteiger partial charge in [-0.05, 0) is 85.5 Å². The summed E-state index contributed by atoms with van der Waals surface area (Å²) in [7, 11) is 2.17. The number of benzene rings is 1. The quantitative estimate of drug-likeness (QED) is 0.732. The van der Waals surface area contributed by atoms with Crippen LogP contribution < -0.4 is 15.4 Å². The monoisotopic (exact) mass is 403 g/mol. The molecule has 0 radical (unpaired) electrons.